The molecule has 2 N–H and O–H groups in total. The van der Waals surface area contributed by atoms with Gasteiger partial charge < -0.3 is 10.3 Å². The molecule has 0 aromatic carbocycles. The molecule has 0 atom stereocenters. The number of thioether (sulfide) groups is 1. The number of aryl methyl sites for hydroxylation is 1. The minimum Gasteiger partial charge on any atom is -0.369 e. The summed E-state index contributed by atoms with van der Waals surface area (Å²) in [5.74, 6) is -0.0168. The van der Waals surface area contributed by atoms with E-state index in [-0.39, 0.29) is 5.91 Å². The lowest BCUT2D eigenvalue weighted by Crippen LogP contribution is -2.13. The van der Waals surface area contributed by atoms with Gasteiger partial charge in [-0.1, -0.05) is 18.7 Å². The molecule has 1 heterocycles. The Labute approximate surface area is 81.5 Å². The maximum absolute atomic E-state index is 10.5. The van der Waals surface area contributed by atoms with Crippen LogP contribution in [0.4, 0.5) is 0 Å². The van der Waals surface area contributed by atoms with Crippen LogP contribution < -0.4 is 5.73 Å². The molecule has 0 aliphatic rings. The third-order valence-corrected chi connectivity index (χ3v) is 2.51. The molecule has 5 heteroatoms. The van der Waals surface area contributed by atoms with Gasteiger partial charge in [-0.3, -0.25) is 4.79 Å². The van der Waals surface area contributed by atoms with Gasteiger partial charge >= 0.3 is 0 Å². The molecular formula is C8H13N3OS. The van der Waals surface area contributed by atoms with Gasteiger partial charge in [-0.05, 0) is 6.42 Å². The number of hydrogen-bond donors (Lipinski definition) is 1. The summed E-state index contributed by atoms with van der Waals surface area (Å²) in [7, 11) is 0. The summed E-state index contributed by atoms with van der Waals surface area (Å²) in [4.78, 5) is 14.7. The van der Waals surface area contributed by atoms with Crippen molar-refractivity contribution in [2.75, 3.05) is 5.75 Å². The van der Waals surface area contributed by atoms with E-state index in [1.54, 1.807) is 6.20 Å². The van der Waals surface area contributed by atoms with Gasteiger partial charge in [0.2, 0.25) is 5.91 Å². The molecule has 4 nitrogen and oxygen atoms in total. The number of rotatable bonds is 5. The van der Waals surface area contributed by atoms with E-state index >= 15 is 0 Å². The number of carbonyl (C=O) groups is 1. The van der Waals surface area contributed by atoms with Gasteiger partial charge in [0.15, 0.2) is 5.16 Å². The van der Waals surface area contributed by atoms with Crippen molar-refractivity contribution in [2.45, 2.75) is 25.0 Å². The van der Waals surface area contributed by atoms with E-state index in [1.807, 2.05) is 10.8 Å². The third kappa shape index (κ3) is 3.10. The average molecular weight is 199 g/mol. The van der Waals surface area contributed by atoms with Crippen LogP contribution in [0.2, 0.25) is 0 Å². The van der Waals surface area contributed by atoms with Crippen LogP contribution in [0.5, 0.6) is 0 Å². The second-order valence-electron chi connectivity index (χ2n) is 2.66. The quantitative estimate of drug-likeness (QED) is 0.716. The van der Waals surface area contributed by atoms with Gasteiger partial charge in [-0.2, -0.15) is 0 Å². The van der Waals surface area contributed by atoms with Gasteiger partial charge in [-0.25, -0.2) is 4.98 Å². The Hall–Kier alpha value is -0.970. The summed E-state index contributed by atoms with van der Waals surface area (Å²) >= 11 is 1.38. The van der Waals surface area contributed by atoms with Crippen molar-refractivity contribution in [3.8, 4) is 0 Å². The largest absolute Gasteiger partial charge is 0.369 e. The highest BCUT2D eigenvalue weighted by Crippen LogP contribution is 2.15. The Kier molecular flexibility index (Phi) is 3.82. The number of nitrogens with zero attached hydrogens (tertiary/aromatic N) is 2. The van der Waals surface area contributed by atoms with E-state index in [0.29, 0.717) is 5.75 Å². The van der Waals surface area contributed by atoms with Gasteiger partial charge in [0, 0.05) is 18.9 Å². The number of hydrogen-bond acceptors (Lipinski definition) is 3. The number of nitrogens with two attached hydrogens (primary N) is 1. The minimum absolute atomic E-state index is 0.292. The summed E-state index contributed by atoms with van der Waals surface area (Å²) < 4.78 is 2.02. The standard InChI is InChI=1S/C8H13N3OS/c1-2-4-11-5-3-10-8(11)13-6-7(9)12/h3,5H,2,4,6H2,1H3,(H2,9,12). The highest BCUT2D eigenvalue weighted by atomic mass is 32.2. The highest BCUT2D eigenvalue weighted by Gasteiger charge is 2.03. The van der Waals surface area contributed by atoms with E-state index in [0.717, 1.165) is 18.1 Å². The third-order valence-electron chi connectivity index (χ3n) is 1.49. The van der Waals surface area contributed by atoms with Gasteiger partial charge in [-0.15, -0.1) is 0 Å². The van der Waals surface area contributed by atoms with Gasteiger partial charge in [0.05, 0.1) is 5.75 Å². The molecule has 0 spiro atoms. The van der Waals surface area contributed by atoms with Crippen molar-refractivity contribution >= 4 is 17.7 Å². The highest BCUT2D eigenvalue weighted by molar-refractivity contribution is 7.99. The van der Waals surface area contributed by atoms with E-state index in [2.05, 4.69) is 11.9 Å². The molecule has 0 aliphatic heterocycles. The van der Waals surface area contributed by atoms with Crippen LogP contribution in [0.25, 0.3) is 0 Å². The zero-order chi connectivity index (χ0) is 9.68. The van der Waals surface area contributed by atoms with Crippen LogP contribution in [-0.2, 0) is 11.3 Å². The molecule has 72 valence electrons. The van der Waals surface area contributed by atoms with Crippen LogP contribution in [0.1, 0.15) is 13.3 Å². The SMILES string of the molecule is CCCn1ccnc1SCC(N)=O. The molecule has 0 aliphatic carbocycles. The molecule has 1 rings (SSSR count). The maximum atomic E-state index is 10.5. The first kappa shape index (κ1) is 10.1. The van der Waals surface area contributed by atoms with E-state index in [4.69, 9.17) is 5.73 Å². The molecule has 13 heavy (non-hydrogen) atoms. The first-order valence-electron chi connectivity index (χ1n) is 4.16. The fourth-order valence-electron chi connectivity index (χ4n) is 0.982. The molecule has 0 fully saturated rings. The Bertz CT molecular complexity index is 285. The lowest BCUT2D eigenvalue weighted by atomic mass is 10.5. The van der Waals surface area contributed by atoms with Gasteiger partial charge in [0.25, 0.3) is 0 Å². The van der Waals surface area contributed by atoms with Crippen LogP contribution in [0, 0.1) is 0 Å². The molecule has 0 bridgehead atoms. The second-order valence-corrected chi connectivity index (χ2v) is 3.60. The summed E-state index contributed by atoms with van der Waals surface area (Å²) in [6.45, 7) is 3.03. The molecular weight excluding hydrogens is 186 g/mol. The molecule has 0 radical (unpaired) electrons. The molecule has 0 saturated carbocycles. The molecule has 0 saturated heterocycles. The predicted octanol–water partition coefficient (Wildman–Crippen LogP) is 0.870. The second kappa shape index (κ2) is 4.91. The van der Waals surface area contributed by atoms with E-state index < -0.39 is 0 Å². The van der Waals surface area contributed by atoms with Crippen molar-refractivity contribution in [1.29, 1.82) is 0 Å². The number of aromatic nitrogens is 2. The number of primary amides is 1. The first-order chi connectivity index (χ1) is 6.24. The van der Waals surface area contributed by atoms with Crippen molar-refractivity contribution in [1.82, 2.24) is 9.55 Å². The number of imidazole rings is 1. The molecule has 1 aromatic heterocycles. The zero-order valence-corrected chi connectivity index (χ0v) is 8.38. The molecule has 0 unspecified atom stereocenters. The Balaban J connectivity index is 2.54. The summed E-state index contributed by atoms with van der Waals surface area (Å²) in [6, 6.07) is 0. The zero-order valence-electron chi connectivity index (χ0n) is 7.56. The smallest absolute Gasteiger partial charge is 0.227 e. The summed E-state index contributed by atoms with van der Waals surface area (Å²) in [5.41, 5.74) is 5.04. The molecule has 1 aromatic rings. The van der Waals surface area contributed by atoms with Crippen molar-refractivity contribution < 1.29 is 4.79 Å². The van der Waals surface area contributed by atoms with Crippen LogP contribution in [0.3, 0.4) is 0 Å². The van der Waals surface area contributed by atoms with E-state index in [1.165, 1.54) is 11.8 Å². The number of carbonyl (C=O) groups excluding carboxylic acids is 1. The molecule has 1 amide bonds. The van der Waals surface area contributed by atoms with Crippen LogP contribution in [0.15, 0.2) is 17.6 Å². The minimum atomic E-state index is -0.309. The van der Waals surface area contributed by atoms with E-state index in [9.17, 15) is 4.79 Å². The van der Waals surface area contributed by atoms with Crippen LogP contribution >= 0.6 is 11.8 Å². The Morgan fingerprint density at radius 3 is 3.15 bits per heavy atom. The normalized spacial score (nSPS) is 10.2. The lowest BCUT2D eigenvalue weighted by Gasteiger charge is -2.03. The fourth-order valence-corrected chi connectivity index (χ4v) is 1.71. The van der Waals surface area contributed by atoms with Crippen molar-refractivity contribution in [3.63, 3.8) is 0 Å². The fraction of sp³-hybridized carbons (Fsp3) is 0.500. The summed E-state index contributed by atoms with van der Waals surface area (Å²) in [5, 5.41) is 0.862. The van der Waals surface area contributed by atoms with Crippen LogP contribution in [-0.4, -0.2) is 21.2 Å². The average Bonchev–Trinajstić information content (AvgIpc) is 2.49. The first-order valence-corrected chi connectivity index (χ1v) is 5.15. The summed E-state index contributed by atoms with van der Waals surface area (Å²) in [6.07, 6.45) is 4.70. The van der Waals surface area contributed by atoms with Crippen molar-refractivity contribution in [3.05, 3.63) is 12.4 Å². The Morgan fingerprint density at radius 1 is 1.77 bits per heavy atom. The topological polar surface area (TPSA) is 60.9 Å². The Morgan fingerprint density at radius 2 is 2.54 bits per heavy atom. The van der Waals surface area contributed by atoms with Gasteiger partial charge in [0.1, 0.15) is 0 Å². The monoisotopic (exact) mass is 199 g/mol. The predicted molar refractivity (Wildman–Crippen MR) is 52.4 cm³/mol. The maximum Gasteiger partial charge on any atom is 0.227 e. The number of amides is 1. The lowest BCUT2D eigenvalue weighted by molar-refractivity contribution is -0.115. The van der Waals surface area contributed by atoms with Crippen molar-refractivity contribution in [2.24, 2.45) is 5.73 Å².